The summed E-state index contributed by atoms with van der Waals surface area (Å²) in [5.41, 5.74) is 5.19. The average molecular weight is 235 g/mol. The molecule has 0 saturated carbocycles. The molecule has 0 radical (unpaired) electrons. The highest BCUT2D eigenvalue weighted by molar-refractivity contribution is 5.98. The summed E-state index contributed by atoms with van der Waals surface area (Å²) in [5, 5.41) is 0. The van der Waals surface area contributed by atoms with Crippen molar-refractivity contribution in [2.75, 3.05) is 0 Å². The first-order valence-corrected chi connectivity index (χ1v) is 5.87. The third-order valence-corrected chi connectivity index (χ3v) is 2.96. The van der Waals surface area contributed by atoms with E-state index in [0.29, 0.717) is 0 Å². The number of hydrogen-bond acceptors (Lipinski definition) is 2. The highest BCUT2D eigenvalue weighted by Crippen LogP contribution is 2.34. The van der Waals surface area contributed by atoms with Crippen LogP contribution >= 0.6 is 0 Å². The molecule has 1 N–H and O–H groups in total. The molecule has 0 fully saturated rings. The van der Waals surface area contributed by atoms with Crippen molar-refractivity contribution >= 4 is 18.0 Å². The van der Waals surface area contributed by atoms with Crippen LogP contribution in [0.4, 0.5) is 0 Å². The standard InChI is InChI=1S/C15H13N3/c1-2-4-11-6-9-17-14(11)15-12(7-10-18-15)13-5-3-8-16-13/h2-3,5-10,16H,1,4H2/b15-14-. The van der Waals surface area contributed by atoms with Crippen LogP contribution in [0.5, 0.6) is 0 Å². The second-order valence-electron chi connectivity index (χ2n) is 4.10. The predicted molar refractivity (Wildman–Crippen MR) is 75.7 cm³/mol. The first-order chi connectivity index (χ1) is 8.90. The van der Waals surface area contributed by atoms with Crippen molar-refractivity contribution in [3.05, 3.63) is 65.8 Å². The number of rotatable bonds is 3. The van der Waals surface area contributed by atoms with Crippen molar-refractivity contribution in [1.29, 1.82) is 0 Å². The van der Waals surface area contributed by atoms with Gasteiger partial charge in [-0.15, -0.1) is 6.58 Å². The number of aromatic amines is 1. The molecule has 0 atom stereocenters. The number of hydrogen-bond donors (Lipinski definition) is 1. The fraction of sp³-hybridized carbons (Fsp3) is 0.0667. The fourth-order valence-electron chi connectivity index (χ4n) is 2.14. The number of aliphatic imine (C=N–C) groups is 2. The normalized spacial score (nSPS) is 21.3. The second kappa shape index (κ2) is 4.45. The van der Waals surface area contributed by atoms with Gasteiger partial charge in [-0.05, 0) is 36.3 Å². The molecule has 0 spiro atoms. The highest BCUT2D eigenvalue weighted by Gasteiger charge is 2.19. The zero-order valence-corrected chi connectivity index (χ0v) is 9.93. The Kier molecular flexibility index (Phi) is 2.65. The lowest BCUT2D eigenvalue weighted by Gasteiger charge is -2.07. The van der Waals surface area contributed by atoms with E-state index in [2.05, 4.69) is 21.5 Å². The van der Waals surface area contributed by atoms with Gasteiger partial charge in [-0.2, -0.15) is 0 Å². The van der Waals surface area contributed by atoms with Crippen LogP contribution in [0.1, 0.15) is 12.1 Å². The molecule has 0 aromatic carbocycles. The monoisotopic (exact) mass is 235 g/mol. The molecule has 1 aromatic heterocycles. The molecule has 18 heavy (non-hydrogen) atoms. The number of allylic oxidation sites excluding steroid dienone is 5. The molecular formula is C15H13N3. The molecule has 0 saturated heterocycles. The molecule has 3 heterocycles. The van der Waals surface area contributed by atoms with Crippen LogP contribution in [0.15, 0.2) is 70.1 Å². The zero-order chi connectivity index (χ0) is 12.4. The van der Waals surface area contributed by atoms with E-state index in [-0.39, 0.29) is 0 Å². The Morgan fingerprint density at radius 2 is 2.00 bits per heavy atom. The van der Waals surface area contributed by atoms with E-state index in [0.717, 1.165) is 34.7 Å². The maximum Gasteiger partial charge on any atom is 0.0982 e. The van der Waals surface area contributed by atoms with Crippen LogP contribution in [0.3, 0.4) is 0 Å². The molecule has 3 nitrogen and oxygen atoms in total. The number of H-pyrrole nitrogens is 1. The molecule has 3 rings (SSSR count). The van der Waals surface area contributed by atoms with E-state index in [1.807, 2.05) is 49.0 Å². The summed E-state index contributed by atoms with van der Waals surface area (Å²) in [6, 6.07) is 4.02. The molecular weight excluding hydrogens is 222 g/mol. The van der Waals surface area contributed by atoms with E-state index in [4.69, 9.17) is 0 Å². The summed E-state index contributed by atoms with van der Waals surface area (Å²) >= 11 is 0. The largest absolute Gasteiger partial charge is 0.361 e. The fourth-order valence-corrected chi connectivity index (χ4v) is 2.14. The second-order valence-corrected chi connectivity index (χ2v) is 4.10. The Morgan fingerprint density at radius 1 is 1.17 bits per heavy atom. The smallest absolute Gasteiger partial charge is 0.0982 e. The van der Waals surface area contributed by atoms with Gasteiger partial charge in [0.25, 0.3) is 0 Å². The van der Waals surface area contributed by atoms with E-state index in [1.54, 1.807) is 0 Å². The molecule has 0 amide bonds. The summed E-state index contributed by atoms with van der Waals surface area (Å²) < 4.78 is 0. The van der Waals surface area contributed by atoms with Crippen LogP contribution in [0, 0.1) is 0 Å². The first-order valence-electron chi connectivity index (χ1n) is 5.87. The molecule has 2 aliphatic heterocycles. The predicted octanol–water partition coefficient (Wildman–Crippen LogP) is 3.28. The van der Waals surface area contributed by atoms with Crippen molar-refractivity contribution in [1.82, 2.24) is 4.98 Å². The van der Waals surface area contributed by atoms with Gasteiger partial charge in [0.2, 0.25) is 0 Å². The summed E-state index contributed by atoms with van der Waals surface area (Å²) in [6.07, 6.45) is 12.3. The summed E-state index contributed by atoms with van der Waals surface area (Å²) in [4.78, 5) is 12.1. The lowest BCUT2D eigenvalue weighted by atomic mass is 10.0. The maximum atomic E-state index is 4.44. The van der Waals surface area contributed by atoms with Crippen LogP contribution < -0.4 is 0 Å². The molecule has 3 heteroatoms. The summed E-state index contributed by atoms with van der Waals surface area (Å²) in [5.74, 6) is 0. The van der Waals surface area contributed by atoms with Gasteiger partial charge in [-0.1, -0.05) is 6.08 Å². The van der Waals surface area contributed by atoms with Gasteiger partial charge in [0.1, 0.15) is 0 Å². The minimum atomic E-state index is 0.812. The highest BCUT2D eigenvalue weighted by atomic mass is 14.9. The van der Waals surface area contributed by atoms with Crippen molar-refractivity contribution in [2.45, 2.75) is 6.42 Å². The van der Waals surface area contributed by atoms with Crippen molar-refractivity contribution in [2.24, 2.45) is 9.98 Å². The van der Waals surface area contributed by atoms with Crippen LogP contribution in [-0.2, 0) is 0 Å². The quantitative estimate of drug-likeness (QED) is 0.781. The van der Waals surface area contributed by atoms with E-state index >= 15 is 0 Å². The maximum absolute atomic E-state index is 4.44. The van der Waals surface area contributed by atoms with E-state index < -0.39 is 0 Å². The Labute approximate surface area is 106 Å². The summed E-state index contributed by atoms with van der Waals surface area (Å²) in [7, 11) is 0. The lowest BCUT2D eigenvalue weighted by Crippen LogP contribution is -1.91. The van der Waals surface area contributed by atoms with Gasteiger partial charge in [0.05, 0.1) is 11.4 Å². The lowest BCUT2D eigenvalue weighted by molar-refractivity contribution is 1.17. The number of aromatic nitrogens is 1. The van der Waals surface area contributed by atoms with Gasteiger partial charge >= 0.3 is 0 Å². The van der Waals surface area contributed by atoms with Gasteiger partial charge in [0.15, 0.2) is 0 Å². The van der Waals surface area contributed by atoms with E-state index in [9.17, 15) is 0 Å². The van der Waals surface area contributed by atoms with Crippen molar-refractivity contribution in [3.8, 4) is 0 Å². The van der Waals surface area contributed by atoms with Gasteiger partial charge in [-0.25, -0.2) is 0 Å². The Morgan fingerprint density at radius 3 is 2.78 bits per heavy atom. The van der Waals surface area contributed by atoms with Crippen LogP contribution in [-0.4, -0.2) is 17.4 Å². The summed E-state index contributed by atoms with van der Waals surface area (Å²) in [6.45, 7) is 3.78. The molecule has 1 aromatic rings. The third kappa shape index (κ3) is 1.70. The Balaban J connectivity index is 2.04. The van der Waals surface area contributed by atoms with Gasteiger partial charge < -0.3 is 4.98 Å². The first kappa shape index (κ1) is 10.7. The van der Waals surface area contributed by atoms with Crippen LogP contribution in [0.2, 0.25) is 0 Å². The van der Waals surface area contributed by atoms with Crippen LogP contribution in [0.25, 0.3) is 5.57 Å². The number of nitrogens with zero attached hydrogens (tertiary/aromatic N) is 2. The van der Waals surface area contributed by atoms with E-state index in [1.165, 1.54) is 0 Å². The Hall–Kier alpha value is -2.42. The SMILES string of the molecule is C=CCC1=CC=N/C1=C1\N=CC=C1c1ccc[nH]1. The molecule has 88 valence electrons. The molecule has 0 aliphatic carbocycles. The van der Waals surface area contributed by atoms with Gasteiger partial charge in [-0.3, -0.25) is 9.98 Å². The molecule has 0 unspecified atom stereocenters. The van der Waals surface area contributed by atoms with Crippen molar-refractivity contribution < 1.29 is 0 Å². The average Bonchev–Trinajstić information content (AvgIpc) is 3.10. The third-order valence-electron chi connectivity index (χ3n) is 2.96. The topological polar surface area (TPSA) is 40.5 Å². The number of nitrogens with one attached hydrogen (secondary N) is 1. The molecule has 0 bridgehead atoms. The molecule has 2 aliphatic rings. The van der Waals surface area contributed by atoms with Gasteiger partial charge in [0, 0.05) is 29.9 Å². The van der Waals surface area contributed by atoms with Crippen molar-refractivity contribution in [3.63, 3.8) is 0 Å². The minimum Gasteiger partial charge on any atom is -0.361 e. The Bertz CT molecular complexity index is 623. The zero-order valence-electron chi connectivity index (χ0n) is 9.93. The minimum absolute atomic E-state index is 0.812.